The lowest BCUT2D eigenvalue weighted by molar-refractivity contribution is 0.0698. The molecule has 10 heteroatoms. The van der Waals surface area contributed by atoms with Gasteiger partial charge in [-0.1, -0.05) is 12.8 Å². The highest BCUT2D eigenvalue weighted by Crippen LogP contribution is 2.42. The molecule has 150 valence electrons. The summed E-state index contributed by atoms with van der Waals surface area (Å²) in [6, 6.07) is 3.38. The fourth-order valence-corrected chi connectivity index (χ4v) is 5.11. The minimum atomic E-state index is -2.75. The topological polar surface area (TPSA) is 81.9 Å². The highest BCUT2D eigenvalue weighted by molar-refractivity contribution is 14.1. The molecule has 1 aliphatic carbocycles. The van der Waals surface area contributed by atoms with E-state index in [-0.39, 0.29) is 28.6 Å². The number of aromatic nitrogens is 3. The predicted molar refractivity (Wildman–Crippen MR) is 112 cm³/mol. The molecule has 3 heterocycles. The van der Waals surface area contributed by atoms with Gasteiger partial charge in [0.1, 0.15) is 16.8 Å². The molecular weight excluding hydrogens is 503 g/mol. The second-order valence-electron chi connectivity index (χ2n) is 6.87. The summed E-state index contributed by atoms with van der Waals surface area (Å²) in [5, 5.41) is 3.06. The van der Waals surface area contributed by atoms with E-state index in [9.17, 15) is 8.78 Å². The monoisotopic (exact) mass is 521 g/mol. The average molecular weight is 522 g/mol. The number of hydrogen-bond acceptors (Lipinski definition) is 5. The summed E-state index contributed by atoms with van der Waals surface area (Å²) >= 11 is 8.17. The normalized spacial score (nSPS) is 20.2. The molecule has 28 heavy (non-hydrogen) atoms. The Kier molecular flexibility index (Phi) is 5.75. The van der Waals surface area contributed by atoms with Gasteiger partial charge in [0.2, 0.25) is 5.28 Å². The van der Waals surface area contributed by atoms with Crippen molar-refractivity contribution in [1.82, 2.24) is 14.5 Å². The Bertz CT molecular complexity index is 978. The van der Waals surface area contributed by atoms with Crippen molar-refractivity contribution in [2.45, 2.75) is 50.7 Å². The fourth-order valence-electron chi connectivity index (χ4n) is 3.91. The van der Waals surface area contributed by atoms with Gasteiger partial charge in [-0.05, 0) is 59.2 Å². The number of hydrogen-bond donors (Lipinski definition) is 2. The van der Waals surface area contributed by atoms with Crippen molar-refractivity contribution < 1.29 is 13.2 Å². The highest BCUT2D eigenvalue weighted by Gasteiger charge is 2.34. The second-order valence-corrected chi connectivity index (χ2v) is 8.29. The second kappa shape index (κ2) is 8.11. The number of fused-ring (bicyclic) bond motifs is 1. The SMILES string of the molecule is N[C@H]1CCCC[C@@H]1c1c(I)c2nc(Cl)nc(NCc3ccco3)c2n1C(F)F. The quantitative estimate of drug-likeness (QED) is 0.353. The Morgan fingerprint density at radius 1 is 1.36 bits per heavy atom. The van der Waals surface area contributed by atoms with E-state index in [1.165, 1.54) is 0 Å². The molecule has 0 spiro atoms. The lowest BCUT2D eigenvalue weighted by Crippen LogP contribution is -2.33. The molecule has 0 radical (unpaired) electrons. The molecule has 0 bridgehead atoms. The molecule has 3 aromatic heterocycles. The summed E-state index contributed by atoms with van der Waals surface area (Å²) in [5.74, 6) is 0.753. The van der Waals surface area contributed by atoms with Crippen molar-refractivity contribution in [1.29, 1.82) is 0 Å². The van der Waals surface area contributed by atoms with Crippen LogP contribution in [0.2, 0.25) is 5.28 Å². The molecule has 2 atom stereocenters. The molecule has 0 amide bonds. The van der Waals surface area contributed by atoms with E-state index < -0.39 is 6.55 Å². The van der Waals surface area contributed by atoms with Crippen LogP contribution < -0.4 is 11.1 Å². The fraction of sp³-hybridized carbons (Fsp3) is 0.444. The van der Waals surface area contributed by atoms with Crippen LogP contribution in [0.5, 0.6) is 0 Å². The predicted octanol–water partition coefficient (Wildman–Crippen LogP) is 5.27. The third-order valence-corrected chi connectivity index (χ3v) is 6.40. The van der Waals surface area contributed by atoms with Crippen LogP contribution in [0.1, 0.15) is 49.6 Å². The van der Waals surface area contributed by atoms with Gasteiger partial charge in [-0.3, -0.25) is 4.57 Å². The number of anilines is 1. The Hall–Kier alpha value is -1.46. The van der Waals surface area contributed by atoms with Crippen LogP contribution in [0.25, 0.3) is 11.0 Å². The molecule has 6 nitrogen and oxygen atoms in total. The van der Waals surface area contributed by atoms with Gasteiger partial charge < -0.3 is 15.5 Å². The molecule has 0 unspecified atom stereocenters. The maximum atomic E-state index is 14.2. The number of furan rings is 1. The minimum Gasteiger partial charge on any atom is -0.467 e. The van der Waals surface area contributed by atoms with Crippen molar-refractivity contribution in [2.75, 3.05) is 5.32 Å². The van der Waals surface area contributed by atoms with Crippen LogP contribution in [0.3, 0.4) is 0 Å². The van der Waals surface area contributed by atoms with E-state index in [0.29, 0.717) is 27.1 Å². The molecule has 0 aliphatic heterocycles. The van der Waals surface area contributed by atoms with Crippen LogP contribution in [0.4, 0.5) is 14.6 Å². The smallest absolute Gasteiger partial charge is 0.319 e. The van der Waals surface area contributed by atoms with Crippen molar-refractivity contribution in [3.05, 3.63) is 38.7 Å². The summed E-state index contributed by atoms with van der Waals surface area (Å²) in [5.41, 5.74) is 7.49. The largest absolute Gasteiger partial charge is 0.467 e. The number of nitrogens with two attached hydrogens (primary N) is 1. The zero-order valence-corrected chi connectivity index (χ0v) is 17.8. The van der Waals surface area contributed by atoms with Crippen molar-refractivity contribution >= 4 is 51.0 Å². The number of rotatable bonds is 5. The molecule has 1 fully saturated rings. The van der Waals surface area contributed by atoms with Gasteiger partial charge in [0.15, 0.2) is 5.82 Å². The van der Waals surface area contributed by atoms with Gasteiger partial charge in [0, 0.05) is 17.7 Å². The maximum absolute atomic E-state index is 14.2. The molecule has 0 saturated heterocycles. The summed E-state index contributed by atoms with van der Waals surface area (Å²) in [4.78, 5) is 8.43. The number of nitrogens with zero attached hydrogens (tertiary/aromatic N) is 3. The third-order valence-electron chi connectivity index (χ3n) is 5.17. The molecule has 4 rings (SSSR count). The molecule has 0 aromatic carbocycles. The molecular formula is C18H19ClF2IN5O. The van der Waals surface area contributed by atoms with Gasteiger partial charge in [-0.2, -0.15) is 13.8 Å². The maximum Gasteiger partial charge on any atom is 0.319 e. The minimum absolute atomic E-state index is 0.00160. The lowest BCUT2D eigenvalue weighted by atomic mass is 9.83. The third kappa shape index (κ3) is 3.59. The molecule has 3 N–H and O–H groups in total. The Morgan fingerprint density at radius 2 is 2.14 bits per heavy atom. The van der Waals surface area contributed by atoms with E-state index in [1.807, 2.05) is 0 Å². The molecule has 3 aromatic rings. The Labute approximate surface area is 179 Å². The van der Waals surface area contributed by atoms with Gasteiger partial charge in [-0.25, -0.2) is 4.98 Å². The first kappa shape index (κ1) is 19.8. The van der Waals surface area contributed by atoms with E-state index in [4.69, 9.17) is 21.8 Å². The van der Waals surface area contributed by atoms with Gasteiger partial charge in [-0.15, -0.1) is 0 Å². The first-order chi connectivity index (χ1) is 13.5. The zero-order valence-electron chi connectivity index (χ0n) is 14.8. The van der Waals surface area contributed by atoms with E-state index >= 15 is 0 Å². The van der Waals surface area contributed by atoms with Crippen molar-refractivity contribution in [2.24, 2.45) is 5.73 Å². The summed E-state index contributed by atoms with van der Waals surface area (Å²) in [6.07, 6.45) is 5.13. The summed E-state index contributed by atoms with van der Waals surface area (Å²) in [6.45, 7) is -2.46. The van der Waals surface area contributed by atoms with Crippen molar-refractivity contribution in [3.8, 4) is 0 Å². The molecule has 1 saturated carbocycles. The molecule has 1 aliphatic rings. The van der Waals surface area contributed by atoms with E-state index in [1.54, 1.807) is 18.4 Å². The number of alkyl halides is 2. The van der Waals surface area contributed by atoms with E-state index in [2.05, 4.69) is 37.9 Å². The standard InChI is InChI=1S/C18H19ClF2IN5O/c19-17-25-13-12(22)14(10-5-1-2-6-11(10)23)27(18(20)21)15(13)16(26-17)24-8-9-4-3-7-28-9/h3-4,7,10-11,18H,1-2,5-6,8,23H2,(H,24,25,26)/t10-,11-/m0/s1. The first-order valence-corrected chi connectivity index (χ1v) is 10.5. The van der Waals surface area contributed by atoms with Crippen LogP contribution in [-0.2, 0) is 6.54 Å². The van der Waals surface area contributed by atoms with Gasteiger partial charge in [0.05, 0.1) is 16.4 Å². The highest BCUT2D eigenvalue weighted by atomic mass is 127. The van der Waals surface area contributed by atoms with Crippen LogP contribution in [-0.4, -0.2) is 20.6 Å². The Balaban J connectivity index is 1.87. The number of halogens is 4. The average Bonchev–Trinajstić information content (AvgIpc) is 3.27. The van der Waals surface area contributed by atoms with Crippen molar-refractivity contribution in [3.63, 3.8) is 0 Å². The zero-order chi connectivity index (χ0) is 19.8. The summed E-state index contributed by atoms with van der Waals surface area (Å²) in [7, 11) is 0. The van der Waals surface area contributed by atoms with Crippen LogP contribution in [0.15, 0.2) is 22.8 Å². The number of nitrogens with one attached hydrogen (secondary N) is 1. The van der Waals surface area contributed by atoms with Gasteiger partial charge >= 0.3 is 6.55 Å². The Morgan fingerprint density at radius 3 is 2.82 bits per heavy atom. The van der Waals surface area contributed by atoms with E-state index in [0.717, 1.165) is 30.3 Å². The summed E-state index contributed by atoms with van der Waals surface area (Å²) < 4.78 is 35.4. The van der Waals surface area contributed by atoms with Crippen LogP contribution in [0, 0.1) is 3.57 Å². The van der Waals surface area contributed by atoms with Crippen LogP contribution >= 0.6 is 34.2 Å². The first-order valence-electron chi connectivity index (χ1n) is 9.04. The van der Waals surface area contributed by atoms with Gasteiger partial charge in [0.25, 0.3) is 0 Å². The lowest BCUT2D eigenvalue weighted by Gasteiger charge is -2.30.